The summed E-state index contributed by atoms with van der Waals surface area (Å²) in [6.07, 6.45) is 3.05. The zero-order valence-electron chi connectivity index (χ0n) is 11.3. The normalized spacial score (nSPS) is 13.2. The summed E-state index contributed by atoms with van der Waals surface area (Å²) in [5.41, 5.74) is 0. The molecule has 5 heteroatoms. The number of ether oxygens (including phenoxy) is 2. The van der Waals surface area contributed by atoms with E-state index in [4.69, 9.17) is 9.47 Å². The number of rotatable bonds is 12. The summed E-state index contributed by atoms with van der Waals surface area (Å²) < 4.78 is 10.6. The first-order valence-electron chi connectivity index (χ1n) is 6.24. The summed E-state index contributed by atoms with van der Waals surface area (Å²) in [6.45, 7) is 7.04. The van der Waals surface area contributed by atoms with E-state index in [1.165, 1.54) is 0 Å². The second kappa shape index (κ2) is 12.6. The van der Waals surface area contributed by atoms with Crippen LogP contribution in [0.15, 0.2) is 0 Å². The number of aliphatic hydroxyl groups excluding tert-OH is 1. The molecule has 1 atom stereocenters. The molecule has 0 saturated carbocycles. The first-order valence-corrected chi connectivity index (χ1v) is 7.63. The van der Waals surface area contributed by atoms with Crippen molar-refractivity contribution in [2.75, 3.05) is 44.9 Å². The quantitative estimate of drug-likeness (QED) is 0.518. The monoisotopic (exact) mass is 265 g/mol. The van der Waals surface area contributed by atoms with E-state index < -0.39 is 6.10 Å². The first-order chi connectivity index (χ1) is 8.16. The highest BCUT2D eigenvalue weighted by atomic mass is 32.2. The Labute approximate surface area is 109 Å². The van der Waals surface area contributed by atoms with Crippen LogP contribution in [0, 0.1) is 0 Å². The Morgan fingerprint density at radius 1 is 1.29 bits per heavy atom. The van der Waals surface area contributed by atoms with E-state index in [0.717, 1.165) is 18.7 Å². The van der Waals surface area contributed by atoms with Crippen LogP contribution in [0.5, 0.6) is 0 Å². The lowest BCUT2D eigenvalue weighted by Crippen LogP contribution is -2.31. The summed E-state index contributed by atoms with van der Waals surface area (Å²) in [4.78, 5) is 0. The molecule has 0 fully saturated rings. The predicted molar refractivity (Wildman–Crippen MR) is 73.8 cm³/mol. The molecule has 1 unspecified atom stereocenters. The third-order valence-electron chi connectivity index (χ3n) is 2.07. The largest absolute Gasteiger partial charge is 0.389 e. The average molecular weight is 265 g/mol. The third kappa shape index (κ3) is 14.1. The summed E-state index contributed by atoms with van der Waals surface area (Å²) in [6, 6.07) is 0. The van der Waals surface area contributed by atoms with Gasteiger partial charge in [0.15, 0.2) is 0 Å². The Bertz CT molecular complexity index is 159. The van der Waals surface area contributed by atoms with E-state index in [0.29, 0.717) is 26.4 Å². The van der Waals surface area contributed by atoms with Crippen molar-refractivity contribution in [2.45, 2.75) is 32.5 Å². The van der Waals surface area contributed by atoms with E-state index in [1.807, 2.05) is 25.6 Å². The van der Waals surface area contributed by atoms with Gasteiger partial charge in [-0.2, -0.15) is 11.8 Å². The minimum atomic E-state index is -0.427. The van der Waals surface area contributed by atoms with E-state index in [1.54, 1.807) is 0 Å². The third-order valence-corrected chi connectivity index (χ3v) is 2.77. The van der Waals surface area contributed by atoms with Gasteiger partial charge in [0, 0.05) is 6.54 Å². The minimum absolute atomic E-state index is 0.238. The molecule has 0 saturated heterocycles. The van der Waals surface area contributed by atoms with Gasteiger partial charge in [-0.25, -0.2) is 0 Å². The first kappa shape index (κ1) is 17.2. The smallest absolute Gasteiger partial charge is 0.0897 e. The highest BCUT2D eigenvalue weighted by molar-refractivity contribution is 7.98. The van der Waals surface area contributed by atoms with Crippen LogP contribution in [0.1, 0.15) is 20.3 Å². The van der Waals surface area contributed by atoms with Gasteiger partial charge in [0.05, 0.1) is 32.0 Å². The molecule has 0 aromatic rings. The van der Waals surface area contributed by atoms with Gasteiger partial charge in [0.2, 0.25) is 0 Å². The molecule has 0 aromatic carbocycles. The van der Waals surface area contributed by atoms with E-state index in [9.17, 15) is 5.11 Å². The van der Waals surface area contributed by atoms with Crippen molar-refractivity contribution in [3.05, 3.63) is 0 Å². The highest BCUT2D eigenvalue weighted by Crippen LogP contribution is 1.93. The molecule has 0 aliphatic heterocycles. The Kier molecular flexibility index (Phi) is 12.8. The van der Waals surface area contributed by atoms with Gasteiger partial charge >= 0.3 is 0 Å². The molecular weight excluding hydrogens is 238 g/mol. The second-order valence-corrected chi connectivity index (χ2v) is 5.18. The summed E-state index contributed by atoms with van der Waals surface area (Å²) >= 11 is 1.84. The molecule has 4 nitrogen and oxygen atoms in total. The minimum Gasteiger partial charge on any atom is -0.389 e. The zero-order valence-corrected chi connectivity index (χ0v) is 12.1. The molecule has 0 bridgehead atoms. The molecule has 0 rings (SSSR count). The van der Waals surface area contributed by atoms with Gasteiger partial charge in [0.1, 0.15) is 0 Å². The molecule has 0 aliphatic rings. The molecule has 0 spiro atoms. The fourth-order valence-electron chi connectivity index (χ4n) is 1.23. The summed E-state index contributed by atoms with van der Waals surface area (Å²) in [5.74, 6) is 1.16. The fourth-order valence-corrected chi connectivity index (χ4v) is 1.66. The van der Waals surface area contributed by atoms with E-state index in [-0.39, 0.29) is 6.10 Å². The maximum absolute atomic E-state index is 9.58. The van der Waals surface area contributed by atoms with Gasteiger partial charge in [-0.15, -0.1) is 0 Å². The van der Waals surface area contributed by atoms with Crippen molar-refractivity contribution in [1.29, 1.82) is 0 Å². The van der Waals surface area contributed by atoms with Crippen molar-refractivity contribution in [3.63, 3.8) is 0 Å². The van der Waals surface area contributed by atoms with Gasteiger partial charge in [-0.3, -0.25) is 0 Å². The van der Waals surface area contributed by atoms with Crippen LogP contribution in [-0.2, 0) is 9.47 Å². The Balaban J connectivity index is 3.14. The lowest BCUT2D eigenvalue weighted by atomic mass is 10.3. The van der Waals surface area contributed by atoms with E-state index >= 15 is 0 Å². The molecule has 17 heavy (non-hydrogen) atoms. The summed E-state index contributed by atoms with van der Waals surface area (Å²) in [7, 11) is 0. The maximum Gasteiger partial charge on any atom is 0.0897 e. The lowest BCUT2D eigenvalue weighted by Gasteiger charge is -2.13. The molecule has 104 valence electrons. The van der Waals surface area contributed by atoms with Crippen LogP contribution in [0.3, 0.4) is 0 Å². The van der Waals surface area contributed by atoms with Crippen LogP contribution in [0.4, 0.5) is 0 Å². The number of hydrogen-bond donors (Lipinski definition) is 2. The standard InChI is InChI=1S/C12H27NO3S/c1-11(2)16-7-6-15-10-12(14)9-13-5-4-8-17-3/h11-14H,4-10H2,1-3H3. The predicted octanol–water partition coefficient (Wildman–Crippen LogP) is 1.13. The molecule has 0 amide bonds. The lowest BCUT2D eigenvalue weighted by molar-refractivity contribution is -0.00990. The topological polar surface area (TPSA) is 50.7 Å². The van der Waals surface area contributed by atoms with Gasteiger partial charge in [-0.05, 0) is 38.8 Å². The molecule has 0 aliphatic carbocycles. The Morgan fingerprint density at radius 3 is 2.71 bits per heavy atom. The fraction of sp³-hybridized carbons (Fsp3) is 1.00. The number of nitrogens with one attached hydrogen (secondary N) is 1. The molecule has 2 N–H and O–H groups in total. The van der Waals surface area contributed by atoms with Crippen LogP contribution >= 0.6 is 11.8 Å². The Hall–Kier alpha value is 0.190. The molecule has 0 heterocycles. The SMILES string of the molecule is CSCCCNCC(O)COCCOC(C)C. The maximum atomic E-state index is 9.58. The number of thioether (sulfide) groups is 1. The van der Waals surface area contributed by atoms with Crippen LogP contribution in [0.25, 0.3) is 0 Å². The Morgan fingerprint density at radius 2 is 2.06 bits per heavy atom. The van der Waals surface area contributed by atoms with Crippen molar-refractivity contribution >= 4 is 11.8 Å². The van der Waals surface area contributed by atoms with Crippen LogP contribution < -0.4 is 5.32 Å². The zero-order chi connectivity index (χ0) is 12.9. The van der Waals surface area contributed by atoms with Crippen LogP contribution in [0.2, 0.25) is 0 Å². The number of aliphatic hydroxyl groups is 1. The van der Waals surface area contributed by atoms with Gasteiger partial charge in [0.25, 0.3) is 0 Å². The molecular formula is C12H27NO3S. The van der Waals surface area contributed by atoms with Gasteiger partial charge < -0.3 is 19.9 Å². The van der Waals surface area contributed by atoms with Crippen LogP contribution in [-0.4, -0.2) is 62.2 Å². The van der Waals surface area contributed by atoms with E-state index in [2.05, 4.69) is 11.6 Å². The van der Waals surface area contributed by atoms with Crippen molar-refractivity contribution in [1.82, 2.24) is 5.32 Å². The average Bonchev–Trinajstić information content (AvgIpc) is 2.28. The van der Waals surface area contributed by atoms with Crippen molar-refractivity contribution < 1.29 is 14.6 Å². The highest BCUT2D eigenvalue weighted by Gasteiger charge is 2.03. The van der Waals surface area contributed by atoms with Crippen molar-refractivity contribution in [3.8, 4) is 0 Å². The van der Waals surface area contributed by atoms with Gasteiger partial charge in [-0.1, -0.05) is 0 Å². The van der Waals surface area contributed by atoms with Crippen molar-refractivity contribution in [2.24, 2.45) is 0 Å². The molecule has 0 radical (unpaired) electrons. The number of hydrogen-bond acceptors (Lipinski definition) is 5. The molecule has 0 aromatic heterocycles. The second-order valence-electron chi connectivity index (χ2n) is 4.20. The summed E-state index contributed by atoms with van der Waals surface area (Å²) in [5, 5.41) is 12.8.